The Kier molecular flexibility index (Phi) is 3.93. The molecule has 1 fully saturated rings. The first kappa shape index (κ1) is 11.5. The molecule has 1 aliphatic heterocycles. The molecule has 0 radical (unpaired) electrons. The Morgan fingerprint density at radius 2 is 2.07 bits per heavy atom. The van der Waals surface area contributed by atoms with Gasteiger partial charge in [0, 0.05) is 25.0 Å². The Morgan fingerprint density at radius 1 is 1.43 bits per heavy atom. The number of rotatable bonds is 4. The fraction of sp³-hybridized carbons (Fsp3) is 0.909. The first-order valence-corrected chi connectivity index (χ1v) is 5.55. The van der Waals surface area contributed by atoms with Gasteiger partial charge in [0.1, 0.15) is 0 Å². The van der Waals surface area contributed by atoms with Crippen molar-refractivity contribution in [1.29, 1.82) is 0 Å². The molecule has 2 unspecified atom stereocenters. The van der Waals surface area contributed by atoms with Crippen LogP contribution in [0.15, 0.2) is 0 Å². The van der Waals surface area contributed by atoms with Gasteiger partial charge in [-0.05, 0) is 25.7 Å². The molecule has 3 heteroatoms. The molecule has 1 aliphatic rings. The molecule has 0 aromatic rings. The van der Waals surface area contributed by atoms with Gasteiger partial charge in [-0.25, -0.2) is 0 Å². The van der Waals surface area contributed by atoms with E-state index in [1.807, 2.05) is 4.90 Å². The summed E-state index contributed by atoms with van der Waals surface area (Å²) in [6.07, 6.45) is 2.81. The van der Waals surface area contributed by atoms with E-state index in [4.69, 9.17) is 5.73 Å². The van der Waals surface area contributed by atoms with E-state index in [1.54, 1.807) is 0 Å². The molecule has 82 valence electrons. The Hall–Kier alpha value is -0.570. The molecule has 2 atom stereocenters. The molecule has 1 saturated heterocycles. The number of nitrogens with two attached hydrogens (primary N) is 1. The summed E-state index contributed by atoms with van der Waals surface area (Å²) >= 11 is 0. The lowest BCUT2D eigenvalue weighted by Gasteiger charge is -2.25. The SMILES string of the molecule is CC(C)CCC(C)N1CC(N)CC1=O. The van der Waals surface area contributed by atoms with Crippen LogP contribution < -0.4 is 5.73 Å². The summed E-state index contributed by atoms with van der Waals surface area (Å²) in [7, 11) is 0. The molecule has 0 saturated carbocycles. The van der Waals surface area contributed by atoms with Gasteiger partial charge in [-0.1, -0.05) is 13.8 Å². The molecule has 0 aliphatic carbocycles. The summed E-state index contributed by atoms with van der Waals surface area (Å²) in [5.41, 5.74) is 5.75. The van der Waals surface area contributed by atoms with Gasteiger partial charge in [0.05, 0.1) is 0 Å². The number of carbonyl (C=O) groups excluding carboxylic acids is 1. The topological polar surface area (TPSA) is 46.3 Å². The summed E-state index contributed by atoms with van der Waals surface area (Å²) in [5.74, 6) is 0.942. The van der Waals surface area contributed by atoms with Gasteiger partial charge in [0.15, 0.2) is 0 Å². The molecule has 3 nitrogen and oxygen atoms in total. The third-order valence-electron chi connectivity index (χ3n) is 2.88. The van der Waals surface area contributed by atoms with Crippen molar-refractivity contribution in [1.82, 2.24) is 4.90 Å². The molecule has 1 amide bonds. The first-order valence-electron chi connectivity index (χ1n) is 5.55. The zero-order valence-electron chi connectivity index (χ0n) is 9.49. The van der Waals surface area contributed by atoms with Crippen LogP contribution in [0, 0.1) is 5.92 Å². The van der Waals surface area contributed by atoms with Crippen LogP contribution in [-0.4, -0.2) is 29.4 Å². The highest BCUT2D eigenvalue weighted by molar-refractivity contribution is 5.79. The summed E-state index contributed by atoms with van der Waals surface area (Å²) in [4.78, 5) is 13.5. The third-order valence-corrected chi connectivity index (χ3v) is 2.88. The minimum atomic E-state index is 0.0593. The molecule has 1 heterocycles. The van der Waals surface area contributed by atoms with E-state index in [9.17, 15) is 4.79 Å². The van der Waals surface area contributed by atoms with Crippen LogP contribution in [0.4, 0.5) is 0 Å². The zero-order valence-corrected chi connectivity index (χ0v) is 9.49. The van der Waals surface area contributed by atoms with E-state index in [0.29, 0.717) is 18.4 Å². The average molecular weight is 198 g/mol. The van der Waals surface area contributed by atoms with Crippen molar-refractivity contribution < 1.29 is 4.79 Å². The van der Waals surface area contributed by atoms with Crippen LogP contribution in [0.2, 0.25) is 0 Å². The second-order valence-corrected chi connectivity index (χ2v) is 4.83. The molecule has 0 aromatic heterocycles. The van der Waals surface area contributed by atoms with Gasteiger partial charge < -0.3 is 10.6 Å². The molecule has 0 aromatic carbocycles. The van der Waals surface area contributed by atoms with Crippen LogP contribution in [0.3, 0.4) is 0 Å². The van der Waals surface area contributed by atoms with Gasteiger partial charge >= 0.3 is 0 Å². The largest absolute Gasteiger partial charge is 0.338 e. The monoisotopic (exact) mass is 198 g/mol. The lowest BCUT2D eigenvalue weighted by molar-refractivity contribution is -0.129. The Morgan fingerprint density at radius 3 is 2.50 bits per heavy atom. The van der Waals surface area contributed by atoms with E-state index in [0.717, 1.165) is 13.0 Å². The summed E-state index contributed by atoms with van der Waals surface area (Å²) in [5, 5.41) is 0. The highest BCUT2D eigenvalue weighted by Gasteiger charge is 2.29. The average Bonchev–Trinajstić information content (AvgIpc) is 2.41. The Balaban J connectivity index is 2.37. The van der Waals surface area contributed by atoms with E-state index < -0.39 is 0 Å². The van der Waals surface area contributed by atoms with Crippen molar-refractivity contribution in [3.63, 3.8) is 0 Å². The van der Waals surface area contributed by atoms with Crippen LogP contribution in [0.25, 0.3) is 0 Å². The highest BCUT2D eigenvalue weighted by Crippen LogP contribution is 2.17. The minimum absolute atomic E-state index is 0.0593. The predicted molar refractivity (Wildman–Crippen MR) is 57.8 cm³/mol. The second kappa shape index (κ2) is 4.78. The standard InChI is InChI=1S/C11H22N2O/c1-8(2)4-5-9(3)13-7-10(12)6-11(13)14/h8-10H,4-7,12H2,1-3H3. The predicted octanol–water partition coefficient (Wildman–Crippen LogP) is 1.37. The lowest BCUT2D eigenvalue weighted by atomic mass is 10.0. The fourth-order valence-electron chi connectivity index (χ4n) is 1.92. The summed E-state index contributed by atoms with van der Waals surface area (Å²) in [6.45, 7) is 7.30. The maximum Gasteiger partial charge on any atom is 0.224 e. The van der Waals surface area contributed by atoms with Crippen molar-refractivity contribution in [2.24, 2.45) is 11.7 Å². The molecule has 2 N–H and O–H groups in total. The maximum absolute atomic E-state index is 11.5. The highest BCUT2D eigenvalue weighted by atomic mass is 16.2. The van der Waals surface area contributed by atoms with E-state index >= 15 is 0 Å². The van der Waals surface area contributed by atoms with Gasteiger partial charge in [0.2, 0.25) is 5.91 Å². The summed E-state index contributed by atoms with van der Waals surface area (Å²) < 4.78 is 0. The first-order chi connectivity index (χ1) is 6.50. The van der Waals surface area contributed by atoms with Crippen molar-refractivity contribution in [2.45, 2.75) is 52.1 Å². The van der Waals surface area contributed by atoms with Gasteiger partial charge in [-0.2, -0.15) is 0 Å². The van der Waals surface area contributed by atoms with Crippen molar-refractivity contribution in [3.8, 4) is 0 Å². The lowest BCUT2D eigenvalue weighted by Crippen LogP contribution is -2.36. The fourth-order valence-corrected chi connectivity index (χ4v) is 1.92. The smallest absolute Gasteiger partial charge is 0.224 e. The molecule has 0 spiro atoms. The quantitative estimate of drug-likeness (QED) is 0.741. The van der Waals surface area contributed by atoms with E-state index in [1.165, 1.54) is 6.42 Å². The maximum atomic E-state index is 11.5. The molecular formula is C11H22N2O. The number of likely N-dealkylation sites (tertiary alicyclic amines) is 1. The number of carbonyl (C=O) groups is 1. The molecule has 14 heavy (non-hydrogen) atoms. The van der Waals surface area contributed by atoms with Crippen molar-refractivity contribution >= 4 is 5.91 Å². The molecule has 1 rings (SSSR count). The van der Waals surface area contributed by atoms with Crippen molar-refractivity contribution in [2.75, 3.05) is 6.54 Å². The normalized spacial score (nSPS) is 24.8. The van der Waals surface area contributed by atoms with Crippen LogP contribution in [-0.2, 0) is 4.79 Å². The van der Waals surface area contributed by atoms with Crippen molar-refractivity contribution in [3.05, 3.63) is 0 Å². The van der Waals surface area contributed by atoms with Crippen LogP contribution in [0.5, 0.6) is 0 Å². The zero-order chi connectivity index (χ0) is 10.7. The van der Waals surface area contributed by atoms with Crippen LogP contribution in [0.1, 0.15) is 40.0 Å². The van der Waals surface area contributed by atoms with Gasteiger partial charge in [-0.15, -0.1) is 0 Å². The number of hydrogen-bond acceptors (Lipinski definition) is 2. The minimum Gasteiger partial charge on any atom is -0.338 e. The number of amides is 1. The van der Waals surface area contributed by atoms with E-state index in [2.05, 4.69) is 20.8 Å². The summed E-state index contributed by atoms with van der Waals surface area (Å²) in [6, 6.07) is 0.419. The van der Waals surface area contributed by atoms with Crippen LogP contribution >= 0.6 is 0 Å². The second-order valence-electron chi connectivity index (χ2n) is 4.83. The molecular weight excluding hydrogens is 176 g/mol. The Labute approximate surface area is 86.6 Å². The number of hydrogen-bond donors (Lipinski definition) is 1. The van der Waals surface area contributed by atoms with E-state index in [-0.39, 0.29) is 11.9 Å². The number of nitrogens with zero attached hydrogens (tertiary/aromatic N) is 1. The third kappa shape index (κ3) is 2.98. The Bertz CT molecular complexity index is 203. The molecule has 0 bridgehead atoms. The van der Waals surface area contributed by atoms with Gasteiger partial charge in [-0.3, -0.25) is 4.79 Å². The van der Waals surface area contributed by atoms with Gasteiger partial charge in [0.25, 0.3) is 0 Å².